The second kappa shape index (κ2) is 8.00. The zero-order chi connectivity index (χ0) is 17.6. The molecule has 0 heterocycles. The Morgan fingerprint density at radius 3 is 2.08 bits per heavy atom. The van der Waals surface area contributed by atoms with E-state index >= 15 is 0 Å². The molecule has 24 heavy (non-hydrogen) atoms. The maximum Gasteiger partial charge on any atom is 0.317 e. The van der Waals surface area contributed by atoms with Gasteiger partial charge in [0, 0.05) is 13.6 Å². The van der Waals surface area contributed by atoms with Gasteiger partial charge in [0.1, 0.15) is 0 Å². The number of urea groups is 1. The van der Waals surface area contributed by atoms with E-state index in [0.29, 0.717) is 6.54 Å². The van der Waals surface area contributed by atoms with Crippen LogP contribution >= 0.6 is 0 Å². The molecule has 2 aromatic carbocycles. The van der Waals surface area contributed by atoms with Crippen molar-refractivity contribution in [2.24, 2.45) is 5.41 Å². The van der Waals surface area contributed by atoms with Crippen molar-refractivity contribution in [3.63, 3.8) is 0 Å². The zero-order valence-corrected chi connectivity index (χ0v) is 15.1. The summed E-state index contributed by atoms with van der Waals surface area (Å²) < 4.78 is 0. The van der Waals surface area contributed by atoms with Crippen molar-refractivity contribution >= 4 is 6.03 Å². The molecule has 0 spiro atoms. The number of carbonyl (C=O) groups excluding carboxylic acids is 1. The normalized spacial score (nSPS) is 12.5. The lowest BCUT2D eigenvalue weighted by Gasteiger charge is -2.29. The fraction of sp³-hybridized carbons (Fsp3) is 0.381. The summed E-state index contributed by atoms with van der Waals surface area (Å²) in [5, 5.41) is 3.20. The summed E-state index contributed by atoms with van der Waals surface area (Å²) >= 11 is 0. The van der Waals surface area contributed by atoms with Crippen LogP contribution in [0.15, 0.2) is 60.7 Å². The van der Waals surface area contributed by atoms with Crippen LogP contribution in [0.2, 0.25) is 0 Å². The average molecular weight is 324 g/mol. The van der Waals surface area contributed by atoms with Crippen LogP contribution in [0.4, 0.5) is 4.79 Å². The Morgan fingerprint density at radius 1 is 1.00 bits per heavy atom. The van der Waals surface area contributed by atoms with Crippen LogP contribution in [-0.2, 0) is 6.54 Å². The molecule has 3 nitrogen and oxygen atoms in total. The molecule has 0 aliphatic carbocycles. The molecule has 0 saturated heterocycles. The highest BCUT2D eigenvalue weighted by atomic mass is 16.2. The van der Waals surface area contributed by atoms with Gasteiger partial charge in [-0.2, -0.15) is 0 Å². The second-order valence-electron chi connectivity index (χ2n) is 7.52. The molecule has 0 fully saturated rings. The molecule has 1 unspecified atom stereocenters. The number of rotatable bonds is 5. The Kier molecular flexibility index (Phi) is 6.02. The van der Waals surface area contributed by atoms with Crippen molar-refractivity contribution in [1.29, 1.82) is 0 Å². The monoisotopic (exact) mass is 324 g/mol. The molecule has 0 aliphatic rings. The molecule has 0 saturated carbocycles. The molecule has 3 heteroatoms. The molecule has 128 valence electrons. The minimum atomic E-state index is -0.0445. The van der Waals surface area contributed by atoms with Crippen LogP contribution in [-0.4, -0.2) is 18.0 Å². The van der Waals surface area contributed by atoms with Crippen molar-refractivity contribution in [3.8, 4) is 0 Å². The van der Waals surface area contributed by atoms with Crippen molar-refractivity contribution in [1.82, 2.24) is 10.2 Å². The highest BCUT2D eigenvalue weighted by Gasteiger charge is 2.23. The SMILES string of the molecule is CN(Cc1ccccc1)C(=O)NC(CC(C)(C)C)c1ccccc1. The fourth-order valence-electron chi connectivity index (χ4n) is 2.74. The van der Waals surface area contributed by atoms with Crippen LogP contribution in [0, 0.1) is 5.41 Å². The molecule has 0 radical (unpaired) electrons. The first-order chi connectivity index (χ1) is 11.3. The second-order valence-corrected chi connectivity index (χ2v) is 7.52. The molecule has 1 atom stereocenters. The molecule has 0 aromatic heterocycles. The van der Waals surface area contributed by atoms with E-state index < -0.39 is 0 Å². The lowest BCUT2D eigenvalue weighted by molar-refractivity contribution is 0.197. The van der Waals surface area contributed by atoms with Gasteiger partial charge < -0.3 is 10.2 Å². The molecule has 2 rings (SSSR count). The summed E-state index contributed by atoms with van der Waals surface area (Å²) in [5.74, 6) is 0. The van der Waals surface area contributed by atoms with E-state index in [1.54, 1.807) is 4.90 Å². The van der Waals surface area contributed by atoms with E-state index in [0.717, 1.165) is 17.5 Å². The Labute approximate surface area is 145 Å². The predicted octanol–water partition coefficient (Wildman–Crippen LogP) is 5.01. The molecule has 0 bridgehead atoms. The third-order valence-electron chi connectivity index (χ3n) is 3.93. The van der Waals surface area contributed by atoms with Gasteiger partial charge in [0.05, 0.1) is 6.04 Å². The van der Waals surface area contributed by atoms with Crippen molar-refractivity contribution in [2.45, 2.75) is 39.8 Å². The van der Waals surface area contributed by atoms with Crippen LogP contribution < -0.4 is 5.32 Å². The summed E-state index contributed by atoms with van der Waals surface area (Å²) in [4.78, 5) is 14.4. The molecule has 1 N–H and O–H groups in total. The lowest BCUT2D eigenvalue weighted by Crippen LogP contribution is -2.40. The van der Waals surface area contributed by atoms with Crippen molar-refractivity contribution < 1.29 is 4.79 Å². The number of carbonyl (C=O) groups is 1. The highest BCUT2D eigenvalue weighted by Crippen LogP contribution is 2.29. The lowest BCUT2D eigenvalue weighted by atomic mass is 9.85. The highest BCUT2D eigenvalue weighted by molar-refractivity contribution is 5.74. The van der Waals surface area contributed by atoms with Gasteiger partial charge in [-0.05, 0) is 23.0 Å². The van der Waals surface area contributed by atoms with Gasteiger partial charge in [0.15, 0.2) is 0 Å². The minimum Gasteiger partial charge on any atom is -0.331 e. The summed E-state index contributed by atoms with van der Waals surface area (Å²) in [6, 6.07) is 20.2. The van der Waals surface area contributed by atoms with E-state index in [2.05, 4.69) is 38.2 Å². The summed E-state index contributed by atoms with van der Waals surface area (Å²) in [6.45, 7) is 7.19. The van der Waals surface area contributed by atoms with Gasteiger partial charge in [0.25, 0.3) is 0 Å². The zero-order valence-electron chi connectivity index (χ0n) is 15.1. The molecule has 0 aliphatic heterocycles. The molecular formula is C21H28N2O. The van der Waals surface area contributed by atoms with E-state index in [-0.39, 0.29) is 17.5 Å². The summed E-state index contributed by atoms with van der Waals surface area (Å²) in [5.41, 5.74) is 2.40. The number of nitrogens with one attached hydrogen (secondary N) is 1. The van der Waals surface area contributed by atoms with Gasteiger partial charge in [-0.1, -0.05) is 81.4 Å². The van der Waals surface area contributed by atoms with Crippen molar-refractivity contribution in [2.75, 3.05) is 7.05 Å². The van der Waals surface area contributed by atoms with Gasteiger partial charge >= 0.3 is 6.03 Å². The van der Waals surface area contributed by atoms with E-state index in [4.69, 9.17) is 0 Å². The van der Waals surface area contributed by atoms with Crippen molar-refractivity contribution in [3.05, 3.63) is 71.8 Å². The van der Waals surface area contributed by atoms with Crippen LogP contribution in [0.1, 0.15) is 44.4 Å². The van der Waals surface area contributed by atoms with E-state index in [1.165, 1.54) is 0 Å². The fourth-order valence-corrected chi connectivity index (χ4v) is 2.74. The van der Waals surface area contributed by atoms with Gasteiger partial charge in [0.2, 0.25) is 0 Å². The smallest absolute Gasteiger partial charge is 0.317 e. The standard InChI is InChI=1S/C21H28N2O/c1-21(2,3)15-19(18-13-9-6-10-14-18)22-20(24)23(4)16-17-11-7-5-8-12-17/h5-14,19H,15-16H2,1-4H3,(H,22,24). The number of amides is 2. The van der Waals surface area contributed by atoms with Gasteiger partial charge in [-0.3, -0.25) is 0 Å². The number of nitrogens with zero attached hydrogens (tertiary/aromatic N) is 1. The Balaban J connectivity index is 2.06. The van der Waals surface area contributed by atoms with Gasteiger partial charge in [-0.15, -0.1) is 0 Å². The molecule has 2 aromatic rings. The largest absolute Gasteiger partial charge is 0.331 e. The topological polar surface area (TPSA) is 32.3 Å². The summed E-state index contributed by atoms with van der Waals surface area (Å²) in [7, 11) is 1.83. The first-order valence-electron chi connectivity index (χ1n) is 8.46. The minimum absolute atomic E-state index is 0.0110. The quantitative estimate of drug-likeness (QED) is 0.824. The van der Waals surface area contributed by atoms with Crippen LogP contribution in [0.25, 0.3) is 0 Å². The number of hydrogen-bond acceptors (Lipinski definition) is 1. The Hall–Kier alpha value is -2.29. The number of benzene rings is 2. The van der Waals surface area contributed by atoms with Crippen LogP contribution in [0.5, 0.6) is 0 Å². The Bertz CT molecular complexity index is 632. The first kappa shape index (κ1) is 18.1. The summed E-state index contributed by atoms with van der Waals surface area (Å²) in [6.07, 6.45) is 0.891. The molecule has 2 amide bonds. The predicted molar refractivity (Wildman–Crippen MR) is 99.7 cm³/mol. The van der Waals surface area contributed by atoms with E-state index in [1.807, 2.05) is 55.6 Å². The van der Waals surface area contributed by atoms with Crippen LogP contribution in [0.3, 0.4) is 0 Å². The Morgan fingerprint density at radius 2 is 1.54 bits per heavy atom. The molecular weight excluding hydrogens is 296 g/mol. The maximum atomic E-state index is 12.6. The average Bonchev–Trinajstić information content (AvgIpc) is 2.54. The third-order valence-corrected chi connectivity index (χ3v) is 3.93. The van der Waals surface area contributed by atoms with E-state index in [9.17, 15) is 4.79 Å². The van der Waals surface area contributed by atoms with Gasteiger partial charge in [-0.25, -0.2) is 4.79 Å². The maximum absolute atomic E-state index is 12.6. The number of hydrogen-bond donors (Lipinski definition) is 1. The third kappa shape index (κ3) is 5.73. The first-order valence-corrected chi connectivity index (χ1v) is 8.46.